The molecule has 2 aromatic rings. The molecule has 0 fully saturated rings. The summed E-state index contributed by atoms with van der Waals surface area (Å²) in [4.78, 5) is 15.7. The largest absolute Gasteiger partial charge is 0.349 e. The van der Waals surface area contributed by atoms with Crippen molar-refractivity contribution >= 4 is 38.9 Å². The molecule has 0 spiro atoms. The Kier molecular flexibility index (Phi) is 5.29. The molecule has 2 heterocycles. The SMILES string of the molecule is O=C(CNS(=O)(=O)c1ccc(Cl)s1)NCc1ccccn1. The number of nitrogens with zero attached hydrogens (tertiary/aromatic N) is 1. The van der Waals surface area contributed by atoms with Crippen molar-refractivity contribution in [2.45, 2.75) is 10.8 Å². The number of hydrogen-bond acceptors (Lipinski definition) is 5. The van der Waals surface area contributed by atoms with Gasteiger partial charge >= 0.3 is 0 Å². The summed E-state index contributed by atoms with van der Waals surface area (Å²) >= 11 is 6.62. The Balaban J connectivity index is 1.84. The van der Waals surface area contributed by atoms with Crippen LogP contribution in [0.4, 0.5) is 0 Å². The van der Waals surface area contributed by atoms with Crippen molar-refractivity contribution in [3.05, 3.63) is 46.6 Å². The number of pyridine rings is 1. The molecule has 0 radical (unpaired) electrons. The van der Waals surface area contributed by atoms with Crippen LogP contribution in [-0.2, 0) is 21.4 Å². The fourth-order valence-electron chi connectivity index (χ4n) is 1.43. The van der Waals surface area contributed by atoms with Gasteiger partial charge in [-0.05, 0) is 24.3 Å². The molecule has 112 valence electrons. The quantitative estimate of drug-likeness (QED) is 0.828. The van der Waals surface area contributed by atoms with E-state index in [9.17, 15) is 13.2 Å². The Morgan fingerprint density at radius 1 is 1.29 bits per heavy atom. The number of carbonyl (C=O) groups excluding carboxylic acids is 1. The smallest absolute Gasteiger partial charge is 0.250 e. The lowest BCUT2D eigenvalue weighted by molar-refractivity contribution is -0.120. The number of carbonyl (C=O) groups is 1. The number of rotatable bonds is 6. The van der Waals surface area contributed by atoms with Crippen molar-refractivity contribution in [3.8, 4) is 0 Å². The number of thiophene rings is 1. The van der Waals surface area contributed by atoms with Crippen LogP contribution in [0.2, 0.25) is 4.34 Å². The molecular weight excluding hydrogens is 334 g/mol. The van der Waals surface area contributed by atoms with E-state index in [4.69, 9.17) is 11.6 Å². The monoisotopic (exact) mass is 345 g/mol. The third kappa shape index (κ3) is 4.78. The summed E-state index contributed by atoms with van der Waals surface area (Å²) in [6, 6.07) is 8.21. The topological polar surface area (TPSA) is 88.2 Å². The number of amides is 1. The molecule has 2 rings (SSSR count). The van der Waals surface area contributed by atoms with Crippen molar-refractivity contribution in [2.24, 2.45) is 0 Å². The molecule has 0 bridgehead atoms. The number of hydrogen-bond donors (Lipinski definition) is 2. The van der Waals surface area contributed by atoms with E-state index in [0.717, 1.165) is 11.3 Å². The van der Waals surface area contributed by atoms with Gasteiger partial charge in [-0.15, -0.1) is 11.3 Å². The van der Waals surface area contributed by atoms with Gasteiger partial charge in [-0.1, -0.05) is 17.7 Å². The van der Waals surface area contributed by atoms with Crippen LogP contribution in [0.15, 0.2) is 40.7 Å². The Labute approximate surface area is 131 Å². The molecule has 0 atom stereocenters. The summed E-state index contributed by atoms with van der Waals surface area (Å²) < 4.78 is 26.4. The summed E-state index contributed by atoms with van der Waals surface area (Å²) in [5, 5.41) is 2.58. The van der Waals surface area contributed by atoms with Crippen LogP contribution in [0.3, 0.4) is 0 Å². The Bertz CT molecular complexity index is 716. The highest BCUT2D eigenvalue weighted by Gasteiger charge is 2.17. The van der Waals surface area contributed by atoms with Crippen LogP contribution >= 0.6 is 22.9 Å². The first-order valence-electron chi connectivity index (χ1n) is 5.89. The molecule has 1 amide bonds. The standard InChI is InChI=1S/C12H12ClN3O3S2/c13-10-4-5-12(20-10)21(18,19)16-8-11(17)15-7-9-3-1-2-6-14-9/h1-6,16H,7-8H2,(H,15,17). The molecule has 0 aromatic carbocycles. The predicted molar refractivity (Wildman–Crippen MR) is 80.6 cm³/mol. The summed E-state index contributed by atoms with van der Waals surface area (Å²) in [6.07, 6.45) is 1.62. The minimum atomic E-state index is -3.71. The van der Waals surface area contributed by atoms with E-state index >= 15 is 0 Å². The fourth-order valence-corrected chi connectivity index (χ4v) is 3.94. The first-order chi connectivity index (χ1) is 9.97. The van der Waals surface area contributed by atoms with Gasteiger partial charge in [0.2, 0.25) is 5.91 Å². The van der Waals surface area contributed by atoms with Crippen molar-refractivity contribution in [1.29, 1.82) is 0 Å². The summed E-state index contributed by atoms with van der Waals surface area (Å²) in [5.41, 5.74) is 0.693. The molecule has 9 heteroatoms. The Morgan fingerprint density at radius 2 is 2.10 bits per heavy atom. The van der Waals surface area contributed by atoms with Crippen molar-refractivity contribution in [2.75, 3.05) is 6.54 Å². The van der Waals surface area contributed by atoms with Crippen molar-refractivity contribution < 1.29 is 13.2 Å². The van der Waals surface area contributed by atoms with Crippen LogP contribution in [0, 0.1) is 0 Å². The lowest BCUT2D eigenvalue weighted by Crippen LogP contribution is -2.36. The lowest BCUT2D eigenvalue weighted by Gasteiger charge is -2.06. The molecular formula is C12H12ClN3O3S2. The zero-order valence-corrected chi connectivity index (χ0v) is 13.1. The van der Waals surface area contributed by atoms with Crippen molar-refractivity contribution in [3.63, 3.8) is 0 Å². The maximum absolute atomic E-state index is 11.9. The van der Waals surface area contributed by atoms with Gasteiger partial charge in [-0.2, -0.15) is 0 Å². The molecule has 0 saturated carbocycles. The third-order valence-corrected chi connectivity index (χ3v) is 5.55. The molecule has 2 aromatic heterocycles. The lowest BCUT2D eigenvalue weighted by atomic mass is 10.3. The number of aromatic nitrogens is 1. The highest BCUT2D eigenvalue weighted by atomic mass is 35.5. The van der Waals surface area contributed by atoms with E-state index in [-0.39, 0.29) is 17.3 Å². The zero-order chi connectivity index (χ0) is 15.3. The Morgan fingerprint density at radius 3 is 2.71 bits per heavy atom. The van der Waals surface area contributed by atoms with E-state index in [0.29, 0.717) is 10.0 Å². The average Bonchev–Trinajstić information content (AvgIpc) is 2.92. The minimum Gasteiger partial charge on any atom is -0.349 e. The van der Waals surface area contributed by atoms with Gasteiger partial charge in [0, 0.05) is 6.20 Å². The molecule has 21 heavy (non-hydrogen) atoms. The average molecular weight is 346 g/mol. The van der Waals surface area contributed by atoms with E-state index < -0.39 is 15.9 Å². The normalized spacial score (nSPS) is 11.3. The van der Waals surface area contributed by atoms with E-state index in [1.807, 2.05) is 0 Å². The molecule has 0 aliphatic rings. The maximum atomic E-state index is 11.9. The van der Waals surface area contributed by atoms with E-state index in [2.05, 4.69) is 15.0 Å². The highest BCUT2D eigenvalue weighted by molar-refractivity contribution is 7.91. The minimum absolute atomic E-state index is 0.0741. The van der Waals surface area contributed by atoms with Crippen LogP contribution in [-0.4, -0.2) is 25.9 Å². The maximum Gasteiger partial charge on any atom is 0.250 e. The summed E-state index contributed by atoms with van der Waals surface area (Å²) in [5.74, 6) is -0.438. The van der Waals surface area contributed by atoms with Gasteiger partial charge in [0.1, 0.15) is 4.21 Å². The van der Waals surface area contributed by atoms with Crippen LogP contribution in [0.1, 0.15) is 5.69 Å². The van der Waals surface area contributed by atoms with Crippen LogP contribution in [0.5, 0.6) is 0 Å². The first-order valence-corrected chi connectivity index (χ1v) is 8.57. The third-order valence-electron chi connectivity index (χ3n) is 2.43. The summed E-state index contributed by atoms with van der Waals surface area (Å²) in [6.45, 7) is -0.100. The second kappa shape index (κ2) is 6.99. The van der Waals surface area contributed by atoms with Gasteiger partial charge in [-0.25, -0.2) is 13.1 Å². The summed E-state index contributed by atoms with van der Waals surface area (Å²) in [7, 11) is -3.71. The van der Waals surface area contributed by atoms with Gasteiger partial charge in [0.25, 0.3) is 10.0 Å². The first kappa shape index (κ1) is 15.9. The van der Waals surface area contributed by atoms with Gasteiger partial charge in [0.15, 0.2) is 0 Å². The molecule has 2 N–H and O–H groups in total. The molecule has 6 nitrogen and oxygen atoms in total. The van der Waals surface area contributed by atoms with Gasteiger partial charge < -0.3 is 5.32 Å². The van der Waals surface area contributed by atoms with E-state index in [1.54, 1.807) is 24.4 Å². The van der Waals surface area contributed by atoms with Crippen molar-refractivity contribution in [1.82, 2.24) is 15.0 Å². The van der Waals surface area contributed by atoms with Gasteiger partial charge in [0.05, 0.1) is 23.1 Å². The molecule has 0 saturated heterocycles. The molecule has 0 unspecified atom stereocenters. The number of halogens is 1. The zero-order valence-electron chi connectivity index (χ0n) is 10.7. The fraction of sp³-hybridized carbons (Fsp3) is 0.167. The highest BCUT2D eigenvalue weighted by Crippen LogP contribution is 2.25. The molecule has 0 aliphatic carbocycles. The predicted octanol–water partition coefficient (Wildman–Crippen LogP) is 1.39. The Hall–Kier alpha value is -1.48. The van der Waals surface area contributed by atoms with Crippen LogP contribution < -0.4 is 10.0 Å². The number of nitrogens with one attached hydrogen (secondary N) is 2. The second-order valence-corrected chi connectivity index (χ2v) is 7.69. The van der Waals surface area contributed by atoms with Crippen LogP contribution in [0.25, 0.3) is 0 Å². The number of sulfonamides is 1. The van der Waals surface area contributed by atoms with Gasteiger partial charge in [-0.3, -0.25) is 9.78 Å². The molecule has 0 aliphatic heterocycles. The second-order valence-electron chi connectivity index (χ2n) is 3.98. The van der Waals surface area contributed by atoms with E-state index in [1.165, 1.54) is 12.1 Å².